The molecule has 0 saturated heterocycles. The summed E-state index contributed by atoms with van der Waals surface area (Å²) in [5, 5.41) is 0. The standard InChI is InChI=1S/C21H23BrO5/c1-4-26-20-14-15(13-18(22)21(20)25-3)5-10-19(23)16-6-8-17(9-7-16)27-12-11-24-2/h5-10,13-14H,4,11-12H2,1-3H3/b10-5+. The van der Waals surface area contributed by atoms with E-state index in [1.54, 1.807) is 44.6 Å². The molecule has 6 heteroatoms. The van der Waals surface area contributed by atoms with E-state index >= 15 is 0 Å². The first-order valence-electron chi connectivity index (χ1n) is 8.53. The van der Waals surface area contributed by atoms with Crippen molar-refractivity contribution in [2.75, 3.05) is 34.0 Å². The first-order chi connectivity index (χ1) is 13.1. The number of ether oxygens (including phenoxy) is 4. The van der Waals surface area contributed by atoms with Crippen LogP contribution in [-0.4, -0.2) is 39.8 Å². The highest BCUT2D eigenvalue weighted by Gasteiger charge is 2.10. The number of hydrogen-bond acceptors (Lipinski definition) is 5. The van der Waals surface area contributed by atoms with Gasteiger partial charge < -0.3 is 18.9 Å². The average molecular weight is 435 g/mol. The minimum atomic E-state index is -0.0941. The van der Waals surface area contributed by atoms with Gasteiger partial charge in [0.05, 0.1) is 24.8 Å². The summed E-state index contributed by atoms with van der Waals surface area (Å²) in [7, 11) is 3.21. The van der Waals surface area contributed by atoms with Crippen LogP contribution in [-0.2, 0) is 4.74 Å². The topological polar surface area (TPSA) is 54.0 Å². The molecule has 0 bridgehead atoms. The zero-order chi connectivity index (χ0) is 19.6. The number of methoxy groups -OCH3 is 2. The van der Waals surface area contributed by atoms with E-state index in [1.807, 2.05) is 19.1 Å². The lowest BCUT2D eigenvalue weighted by atomic mass is 10.1. The molecule has 0 radical (unpaired) electrons. The van der Waals surface area contributed by atoms with Gasteiger partial charge in [-0.1, -0.05) is 6.08 Å². The van der Waals surface area contributed by atoms with Crippen molar-refractivity contribution in [1.82, 2.24) is 0 Å². The van der Waals surface area contributed by atoms with E-state index in [-0.39, 0.29) is 5.78 Å². The molecule has 0 heterocycles. The Kier molecular flexibility index (Phi) is 8.36. The van der Waals surface area contributed by atoms with Crippen molar-refractivity contribution >= 4 is 27.8 Å². The predicted octanol–water partition coefficient (Wildman–Crippen LogP) is 4.78. The Morgan fingerprint density at radius 3 is 2.44 bits per heavy atom. The molecule has 2 aromatic carbocycles. The second-order valence-electron chi connectivity index (χ2n) is 5.53. The fourth-order valence-electron chi connectivity index (χ4n) is 2.37. The lowest BCUT2D eigenvalue weighted by Crippen LogP contribution is -2.04. The van der Waals surface area contributed by atoms with Crippen LogP contribution in [0, 0.1) is 0 Å². The van der Waals surface area contributed by atoms with Gasteiger partial charge in [0, 0.05) is 12.7 Å². The molecule has 0 unspecified atom stereocenters. The van der Waals surface area contributed by atoms with E-state index in [0.717, 1.165) is 10.0 Å². The van der Waals surface area contributed by atoms with Crippen LogP contribution >= 0.6 is 15.9 Å². The van der Waals surface area contributed by atoms with Crippen LogP contribution in [0.5, 0.6) is 17.2 Å². The summed E-state index contributed by atoms with van der Waals surface area (Å²) in [5.74, 6) is 1.86. The van der Waals surface area contributed by atoms with Gasteiger partial charge in [-0.3, -0.25) is 4.79 Å². The van der Waals surface area contributed by atoms with Gasteiger partial charge in [0.25, 0.3) is 0 Å². The van der Waals surface area contributed by atoms with E-state index in [4.69, 9.17) is 18.9 Å². The summed E-state index contributed by atoms with van der Waals surface area (Å²) in [6.45, 7) is 3.42. The molecule has 0 N–H and O–H groups in total. The molecule has 5 nitrogen and oxygen atoms in total. The van der Waals surface area contributed by atoms with E-state index < -0.39 is 0 Å². The lowest BCUT2D eigenvalue weighted by Gasteiger charge is -2.12. The Bertz CT molecular complexity index is 784. The number of carbonyl (C=O) groups excluding carboxylic acids is 1. The zero-order valence-corrected chi connectivity index (χ0v) is 17.2. The van der Waals surface area contributed by atoms with Crippen LogP contribution in [0.4, 0.5) is 0 Å². The minimum absolute atomic E-state index is 0.0941. The predicted molar refractivity (Wildman–Crippen MR) is 109 cm³/mol. The number of ketones is 1. The van der Waals surface area contributed by atoms with Crippen molar-refractivity contribution in [1.29, 1.82) is 0 Å². The first-order valence-corrected chi connectivity index (χ1v) is 9.32. The third kappa shape index (κ3) is 6.12. The Balaban J connectivity index is 2.09. The fraction of sp³-hybridized carbons (Fsp3) is 0.286. The molecule has 0 fully saturated rings. The maximum absolute atomic E-state index is 12.4. The number of rotatable bonds is 10. The summed E-state index contributed by atoms with van der Waals surface area (Å²) < 4.78 is 22.1. The molecule has 0 aromatic heterocycles. The highest BCUT2D eigenvalue weighted by atomic mass is 79.9. The largest absolute Gasteiger partial charge is 0.492 e. The fourth-order valence-corrected chi connectivity index (χ4v) is 2.99. The normalized spacial score (nSPS) is 10.8. The molecule has 27 heavy (non-hydrogen) atoms. The zero-order valence-electron chi connectivity index (χ0n) is 15.7. The number of hydrogen-bond donors (Lipinski definition) is 0. The van der Waals surface area contributed by atoms with Gasteiger partial charge in [0.2, 0.25) is 0 Å². The van der Waals surface area contributed by atoms with Crippen molar-refractivity contribution < 1.29 is 23.7 Å². The van der Waals surface area contributed by atoms with Crippen molar-refractivity contribution in [2.45, 2.75) is 6.92 Å². The molecule has 0 aliphatic heterocycles. The number of halogens is 1. The van der Waals surface area contributed by atoms with Crippen LogP contribution in [0.15, 0.2) is 46.9 Å². The van der Waals surface area contributed by atoms with Gasteiger partial charge in [0.1, 0.15) is 12.4 Å². The summed E-state index contributed by atoms with van der Waals surface area (Å²) in [6, 6.07) is 10.7. The molecule has 0 aliphatic carbocycles. The van der Waals surface area contributed by atoms with Crippen molar-refractivity contribution in [3.63, 3.8) is 0 Å². The highest BCUT2D eigenvalue weighted by molar-refractivity contribution is 9.10. The second kappa shape index (κ2) is 10.7. The third-order valence-corrected chi connectivity index (χ3v) is 4.25. The Labute approximate surface area is 168 Å². The van der Waals surface area contributed by atoms with Crippen LogP contribution < -0.4 is 14.2 Å². The maximum atomic E-state index is 12.4. The molecule has 0 atom stereocenters. The summed E-state index contributed by atoms with van der Waals surface area (Å²) in [5.41, 5.74) is 1.42. The molecule has 2 aromatic rings. The number of carbonyl (C=O) groups is 1. The molecule has 144 valence electrons. The summed E-state index contributed by atoms with van der Waals surface area (Å²) in [4.78, 5) is 12.4. The van der Waals surface area contributed by atoms with E-state index in [0.29, 0.717) is 42.6 Å². The van der Waals surface area contributed by atoms with Gasteiger partial charge in [-0.2, -0.15) is 0 Å². The molecule has 0 spiro atoms. The van der Waals surface area contributed by atoms with Crippen molar-refractivity contribution in [3.8, 4) is 17.2 Å². The quantitative estimate of drug-likeness (QED) is 0.306. The smallest absolute Gasteiger partial charge is 0.185 e. The van der Waals surface area contributed by atoms with Crippen LogP contribution in [0.1, 0.15) is 22.8 Å². The average Bonchev–Trinajstić information content (AvgIpc) is 2.67. The lowest BCUT2D eigenvalue weighted by molar-refractivity contribution is 0.104. The van der Waals surface area contributed by atoms with Crippen LogP contribution in [0.3, 0.4) is 0 Å². The van der Waals surface area contributed by atoms with Crippen LogP contribution in [0.2, 0.25) is 0 Å². The van der Waals surface area contributed by atoms with Crippen LogP contribution in [0.25, 0.3) is 6.08 Å². The van der Waals surface area contributed by atoms with Gasteiger partial charge in [-0.25, -0.2) is 0 Å². The van der Waals surface area contributed by atoms with E-state index in [1.165, 1.54) is 6.08 Å². The minimum Gasteiger partial charge on any atom is -0.492 e. The summed E-state index contributed by atoms with van der Waals surface area (Å²) >= 11 is 3.47. The monoisotopic (exact) mass is 434 g/mol. The number of allylic oxidation sites excluding steroid dienone is 1. The molecule has 0 amide bonds. The molecule has 2 rings (SSSR count). The maximum Gasteiger partial charge on any atom is 0.185 e. The van der Waals surface area contributed by atoms with Crippen molar-refractivity contribution in [2.24, 2.45) is 0 Å². The highest BCUT2D eigenvalue weighted by Crippen LogP contribution is 2.36. The Morgan fingerprint density at radius 2 is 1.81 bits per heavy atom. The Morgan fingerprint density at radius 1 is 1.07 bits per heavy atom. The Hall–Kier alpha value is -2.31. The molecule has 0 aliphatic rings. The summed E-state index contributed by atoms with van der Waals surface area (Å²) in [6.07, 6.45) is 3.28. The molecule has 0 saturated carbocycles. The van der Waals surface area contributed by atoms with Gasteiger partial charge in [-0.15, -0.1) is 0 Å². The van der Waals surface area contributed by atoms with E-state index in [2.05, 4.69) is 15.9 Å². The molecular weight excluding hydrogens is 412 g/mol. The van der Waals surface area contributed by atoms with Gasteiger partial charge in [0.15, 0.2) is 17.3 Å². The van der Waals surface area contributed by atoms with E-state index in [9.17, 15) is 4.79 Å². The van der Waals surface area contributed by atoms with Gasteiger partial charge >= 0.3 is 0 Å². The van der Waals surface area contributed by atoms with Crippen molar-refractivity contribution in [3.05, 3.63) is 58.1 Å². The third-order valence-electron chi connectivity index (χ3n) is 3.66. The number of benzene rings is 2. The first kappa shape index (κ1) is 21.0. The SMILES string of the molecule is CCOc1cc(/C=C/C(=O)c2ccc(OCCOC)cc2)cc(Br)c1OC. The molecular formula is C21H23BrO5. The second-order valence-corrected chi connectivity index (χ2v) is 6.38. The van der Waals surface area contributed by atoms with Gasteiger partial charge in [-0.05, 0) is 70.9 Å².